The Bertz CT molecular complexity index is 806. The Hall–Kier alpha value is -2.62. The van der Waals surface area contributed by atoms with Crippen molar-refractivity contribution in [2.24, 2.45) is 5.41 Å². The van der Waals surface area contributed by atoms with Crippen molar-refractivity contribution < 1.29 is 14.7 Å². The van der Waals surface area contributed by atoms with Crippen LogP contribution >= 0.6 is 0 Å². The number of aryl methyl sites for hydroxylation is 1. The molecule has 0 saturated heterocycles. The lowest BCUT2D eigenvalue weighted by Crippen LogP contribution is -2.21. The fourth-order valence-electron chi connectivity index (χ4n) is 2.73. The molecule has 0 bridgehead atoms. The van der Waals surface area contributed by atoms with Crippen molar-refractivity contribution in [3.05, 3.63) is 53.6 Å². The second-order valence-corrected chi connectivity index (χ2v) is 6.82. The van der Waals surface area contributed by atoms with E-state index in [4.69, 9.17) is 5.11 Å². The number of carbonyl (C=O) groups is 2. The Kier molecular flexibility index (Phi) is 4.14. The molecule has 0 radical (unpaired) electrons. The number of amides is 1. The van der Waals surface area contributed by atoms with Gasteiger partial charge in [0, 0.05) is 11.1 Å². The molecule has 0 spiro atoms. The van der Waals surface area contributed by atoms with E-state index in [9.17, 15) is 9.59 Å². The van der Waals surface area contributed by atoms with E-state index in [1.165, 1.54) is 0 Å². The highest BCUT2D eigenvalue weighted by Crippen LogP contribution is 2.45. The van der Waals surface area contributed by atoms with Crippen LogP contribution in [0.5, 0.6) is 0 Å². The molecular formula is C20H21NO3. The van der Waals surface area contributed by atoms with E-state index in [-0.39, 0.29) is 17.7 Å². The molecule has 3 rings (SSSR count). The van der Waals surface area contributed by atoms with Crippen molar-refractivity contribution in [3.63, 3.8) is 0 Å². The van der Waals surface area contributed by atoms with Gasteiger partial charge in [0.05, 0.1) is 6.42 Å². The number of carboxylic acids is 1. The van der Waals surface area contributed by atoms with Crippen LogP contribution in [0.2, 0.25) is 0 Å². The van der Waals surface area contributed by atoms with Crippen LogP contribution in [-0.2, 0) is 16.0 Å². The molecule has 24 heavy (non-hydrogen) atoms. The van der Waals surface area contributed by atoms with E-state index in [0.29, 0.717) is 0 Å². The maximum atomic E-state index is 12.2. The van der Waals surface area contributed by atoms with Crippen molar-refractivity contribution in [1.82, 2.24) is 0 Å². The molecule has 4 nitrogen and oxygen atoms in total. The number of benzene rings is 2. The summed E-state index contributed by atoms with van der Waals surface area (Å²) >= 11 is 0. The lowest BCUT2D eigenvalue weighted by atomic mass is 9.97. The molecular weight excluding hydrogens is 302 g/mol. The Morgan fingerprint density at radius 1 is 1.17 bits per heavy atom. The van der Waals surface area contributed by atoms with Gasteiger partial charge in [-0.25, -0.2) is 0 Å². The van der Waals surface area contributed by atoms with Crippen molar-refractivity contribution >= 4 is 17.6 Å². The average Bonchev–Trinajstić information content (AvgIpc) is 3.28. The van der Waals surface area contributed by atoms with Gasteiger partial charge in [-0.2, -0.15) is 0 Å². The van der Waals surface area contributed by atoms with E-state index in [1.807, 2.05) is 56.3 Å². The first-order valence-electron chi connectivity index (χ1n) is 8.11. The molecule has 2 N–H and O–H groups in total. The Balaban J connectivity index is 1.88. The maximum absolute atomic E-state index is 12.2. The molecule has 1 fully saturated rings. The first-order valence-corrected chi connectivity index (χ1v) is 8.11. The smallest absolute Gasteiger partial charge is 0.307 e. The first kappa shape index (κ1) is 16.2. The van der Waals surface area contributed by atoms with Crippen molar-refractivity contribution in [3.8, 4) is 11.1 Å². The third kappa shape index (κ3) is 3.48. The van der Waals surface area contributed by atoms with Gasteiger partial charge in [0.15, 0.2) is 0 Å². The van der Waals surface area contributed by atoms with E-state index in [0.717, 1.165) is 40.8 Å². The molecule has 0 atom stereocenters. The van der Waals surface area contributed by atoms with Gasteiger partial charge in [-0.05, 0) is 54.2 Å². The third-order valence-corrected chi connectivity index (χ3v) is 4.64. The number of hydrogen-bond acceptors (Lipinski definition) is 2. The molecule has 1 aliphatic carbocycles. The van der Waals surface area contributed by atoms with Crippen LogP contribution in [0, 0.1) is 12.3 Å². The fraction of sp³-hybridized carbons (Fsp3) is 0.300. The van der Waals surface area contributed by atoms with E-state index in [2.05, 4.69) is 5.32 Å². The van der Waals surface area contributed by atoms with Gasteiger partial charge in [0.1, 0.15) is 0 Å². The number of carbonyl (C=O) groups excluding carboxylic acids is 1. The average molecular weight is 323 g/mol. The van der Waals surface area contributed by atoms with Crippen LogP contribution in [0.1, 0.15) is 30.9 Å². The molecule has 0 aromatic heterocycles. The predicted octanol–water partition coefficient (Wildman–Crippen LogP) is 4.03. The molecule has 4 heteroatoms. The summed E-state index contributed by atoms with van der Waals surface area (Å²) in [4.78, 5) is 23.1. The van der Waals surface area contributed by atoms with E-state index in [1.54, 1.807) is 0 Å². The summed E-state index contributed by atoms with van der Waals surface area (Å²) in [5, 5.41) is 12.0. The molecule has 1 aliphatic rings. The van der Waals surface area contributed by atoms with Gasteiger partial charge in [-0.15, -0.1) is 0 Å². The molecule has 1 amide bonds. The van der Waals surface area contributed by atoms with Crippen molar-refractivity contribution in [2.75, 3.05) is 5.32 Å². The number of anilines is 1. The second kappa shape index (κ2) is 6.11. The molecule has 0 aliphatic heterocycles. The van der Waals surface area contributed by atoms with E-state index >= 15 is 0 Å². The van der Waals surface area contributed by atoms with Crippen molar-refractivity contribution in [2.45, 2.75) is 33.1 Å². The minimum atomic E-state index is -0.845. The maximum Gasteiger partial charge on any atom is 0.307 e. The van der Waals surface area contributed by atoms with Crippen LogP contribution in [0.3, 0.4) is 0 Å². The van der Waals surface area contributed by atoms with Gasteiger partial charge < -0.3 is 10.4 Å². The lowest BCUT2D eigenvalue weighted by molar-refractivity contribution is -0.136. The summed E-state index contributed by atoms with van der Waals surface area (Å²) in [5.74, 6) is -0.778. The van der Waals surface area contributed by atoms with Crippen LogP contribution < -0.4 is 5.32 Å². The summed E-state index contributed by atoms with van der Waals surface area (Å²) in [6.07, 6.45) is 1.88. The minimum absolute atomic E-state index is 0.00166. The van der Waals surface area contributed by atoms with Crippen LogP contribution in [0.15, 0.2) is 42.5 Å². The Morgan fingerprint density at radius 2 is 1.92 bits per heavy atom. The highest BCUT2D eigenvalue weighted by Gasteiger charge is 2.44. The number of nitrogens with one attached hydrogen (secondary N) is 1. The van der Waals surface area contributed by atoms with E-state index < -0.39 is 5.97 Å². The predicted molar refractivity (Wildman–Crippen MR) is 93.9 cm³/mol. The molecule has 2 aromatic carbocycles. The van der Waals surface area contributed by atoms with Gasteiger partial charge in [-0.3, -0.25) is 9.59 Å². The number of hydrogen-bond donors (Lipinski definition) is 2. The highest BCUT2D eigenvalue weighted by molar-refractivity contribution is 5.97. The topological polar surface area (TPSA) is 66.4 Å². The summed E-state index contributed by atoms with van der Waals surface area (Å²) in [5.41, 5.74) is 4.36. The van der Waals surface area contributed by atoms with Gasteiger partial charge in [0.25, 0.3) is 0 Å². The Labute approximate surface area is 141 Å². The summed E-state index contributed by atoms with van der Waals surface area (Å²) in [6.45, 7) is 3.99. The standard InChI is InChI=1S/C20H21NO3/c1-13-6-7-16(21-19(24)20(2)8-9-20)12-17(13)15-5-3-4-14(10-15)11-18(22)23/h3-7,10,12H,8-9,11H2,1-2H3,(H,21,24)(H,22,23). The molecule has 0 unspecified atom stereocenters. The number of carboxylic acid groups (broad SMARTS) is 1. The zero-order chi connectivity index (χ0) is 17.3. The molecule has 124 valence electrons. The second-order valence-electron chi connectivity index (χ2n) is 6.82. The first-order chi connectivity index (χ1) is 11.4. The zero-order valence-electron chi connectivity index (χ0n) is 13.9. The number of aliphatic carboxylic acids is 1. The number of rotatable bonds is 5. The minimum Gasteiger partial charge on any atom is -0.481 e. The Morgan fingerprint density at radius 3 is 2.58 bits per heavy atom. The summed E-state index contributed by atoms with van der Waals surface area (Å²) < 4.78 is 0. The molecule has 0 heterocycles. The third-order valence-electron chi connectivity index (χ3n) is 4.64. The van der Waals surface area contributed by atoms with Crippen LogP contribution in [0.25, 0.3) is 11.1 Å². The van der Waals surface area contributed by atoms with Gasteiger partial charge in [-0.1, -0.05) is 37.3 Å². The SMILES string of the molecule is Cc1ccc(NC(=O)C2(C)CC2)cc1-c1cccc(CC(=O)O)c1. The van der Waals surface area contributed by atoms with Gasteiger partial charge >= 0.3 is 5.97 Å². The largest absolute Gasteiger partial charge is 0.481 e. The van der Waals surface area contributed by atoms with Crippen LogP contribution in [0.4, 0.5) is 5.69 Å². The summed E-state index contributed by atoms with van der Waals surface area (Å²) in [7, 11) is 0. The summed E-state index contributed by atoms with van der Waals surface area (Å²) in [6, 6.07) is 13.4. The highest BCUT2D eigenvalue weighted by atomic mass is 16.4. The fourth-order valence-corrected chi connectivity index (χ4v) is 2.73. The zero-order valence-corrected chi connectivity index (χ0v) is 13.9. The monoisotopic (exact) mass is 323 g/mol. The lowest BCUT2D eigenvalue weighted by Gasteiger charge is -2.13. The molecule has 2 aromatic rings. The normalized spacial score (nSPS) is 14.9. The van der Waals surface area contributed by atoms with Crippen LogP contribution in [-0.4, -0.2) is 17.0 Å². The quantitative estimate of drug-likeness (QED) is 0.873. The van der Waals surface area contributed by atoms with Gasteiger partial charge in [0.2, 0.25) is 5.91 Å². The molecule has 1 saturated carbocycles. The van der Waals surface area contributed by atoms with Crippen molar-refractivity contribution in [1.29, 1.82) is 0 Å².